The lowest BCUT2D eigenvalue weighted by atomic mass is 10.0. The predicted octanol–water partition coefficient (Wildman–Crippen LogP) is 2.82. The number of carboxylic acid groups (broad SMARTS) is 1. The number of nitrogens with zero attached hydrogens (tertiary/aromatic N) is 1. The quantitative estimate of drug-likeness (QED) is 0.709. The van der Waals surface area contributed by atoms with Gasteiger partial charge in [0.25, 0.3) is 5.91 Å². The van der Waals surface area contributed by atoms with Crippen molar-refractivity contribution in [2.24, 2.45) is 0 Å². The largest absolute Gasteiger partial charge is 0.481 e. The van der Waals surface area contributed by atoms with Crippen molar-refractivity contribution < 1.29 is 19.5 Å². The van der Waals surface area contributed by atoms with E-state index in [4.69, 9.17) is 16.7 Å². The maximum Gasteiger partial charge on any atom is 0.322 e. The van der Waals surface area contributed by atoms with Crippen LogP contribution in [-0.4, -0.2) is 36.1 Å². The summed E-state index contributed by atoms with van der Waals surface area (Å²) in [5.74, 6) is -1.46. The summed E-state index contributed by atoms with van der Waals surface area (Å²) >= 11 is 6.19. The van der Waals surface area contributed by atoms with E-state index in [0.717, 1.165) is 0 Å². The van der Waals surface area contributed by atoms with E-state index in [1.165, 1.54) is 17.0 Å². The van der Waals surface area contributed by atoms with Crippen molar-refractivity contribution in [1.82, 2.24) is 10.6 Å². The Morgan fingerprint density at radius 3 is 2.59 bits per heavy atom. The molecule has 2 aromatic rings. The first-order chi connectivity index (χ1) is 13.0. The summed E-state index contributed by atoms with van der Waals surface area (Å²) in [7, 11) is 0. The number of hydrogen-bond acceptors (Lipinski definition) is 3. The number of anilines is 1. The fraction of sp³-hybridized carbons (Fsp3) is 0.211. The molecule has 0 saturated carbocycles. The predicted molar refractivity (Wildman–Crippen MR) is 101 cm³/mol. The van der Waals surface area contributed by atoms with Crippen LogP contribution in [0.15, 0.2) is 48.5 Å². The second kappa shape index (κ2) is 8.09. The summed E-state index contributed by atoms with van der Waals surface area (Å²) in [5.41, 5.74) is 1.43. The second-order valence-electron chi connectivity index (χ2n) is 6.08. The van der Waals surface area contributed by atoms with Crippen LogP contribution < -0.4 is 15.5 Å². The fourth-order valence-corrected chi connectivity index (χ4v) is 3.14. The number of hydrogen-bond donors (Lipinski definition) is 3. The van der Waals surface area contributed by atoms with Crippen LogP contribution in [0.4, 0.5) is 10.5 Å². The van der Waals surface area contributed by atoms with Crippen LogP contribution >= 0.6 is 11.6 Å². The standard InChI is InChI=1S/C19H18ClN3O4/c20-14-7-6-13(10-16(14)23-9-8-21-19(23)27)18(26)22-15(11-17(24)25)12-4-2-1-3-5-12/h1-7,10,15H,8-9,11H2,(H,21,27)(H,22,26)(H,24,25)/t15-/m1/s1. The fourth-order valence-electron chi connectivity index (χ4n) is 2.92. The van der Waals surface area contributed by atoms with Crippen molar-refractivity contribution in [3.63, 3.8) is 0 Å². The third-order valence-corrected chi connectivity index (χ3v) is 4.56. The summed E-state index contributed by atoms with van der Waals surface area (Å²) < 4.78 is 0. The molecule has 3 amide bonds. The maximum atomic E-state index is 12.7. The Morgan fingerprint density at radius 2 is 1.96 bits per heavy atom. The molecule has 1 fully saturated rings. The second-order valence-corrected chi connectivity index (χ2v) is 6.49. The Hall–Kier alpha value is -3.06. The highest BCUT2D eigenvalue weighted by Gasteiger charge is 2.25. The molecule has 140 valence electrons. The molecule has 1 aliphatic rings. The van der Waals surface area contributed by atoms with Gasteiger partial charge in [0.05, 0.1) is 23.2 Å². The molecule has 3 N–H and O–H groups in total. The maximum absolute atomic E-state index is 12.7. The van der Waals surface area contributed by atoms with Gasteiger partial charge in [-0.15, -0.1) is 0 Å². The number of rotatable bonds is 6. The van der Waals surface area contributed by atoms with Gasteiger partial charge in [0.15, 0.2) is 0 Å². The third-order valence-electron chi connectivity index (χ3n) is 4.24. The molecule has 0 spiro atoms. The van der Waals surface area contributed by atoms with Gasteiger partial charge < -0.3 is 15.7 Å². The van der Waals surface area contributed by atoms with E-state index in [9.17, 15) is 14.4 Å². The normalized spacial score (nSPS) is 14.6. The Labute approximate surface area is 160 Å². The minimum Gasteiger partial charge on any atom is -0.481 e. The molecule has 0 bridgehead atoms. The summed E-state index contributed by atoms with van der Waals surface area (Å²) in [6.45, 7) is 0.954. The lowest BCUT2D eigenvalue weighted by molar-refractivity contribution is -0.137. The van der Waals surface area contributed by atoms with Gasteiger partial charge in [0.1, 0.15) is 0 Å². The van der Waals surface area contributed by atoms with Gasteiger partial charge in [-0.05, 0) is 23.8 Å². The smallest absolute Gasteiger partial charge is 0.322 e. The van der Waals surface area contributed by atoms with Gasteiger partial charge in [-0.2, -0.15) is 0 Å². The van der Waals surface area contributed by atoms with E-state index in [1.54, 1.807) is 30.3 Å². The van der Waals surface area contributed by atoms with Crippen LogP contribution in [0, 0.1) is 0 Å². The van der Waals surface area contributed by atoms with Gasteiger partial charge in [0.2, 0.25) is 0 Å². The SMILES string of the molecule is O=C(O)C[C@@H](NC(=O)c1ccc(Cl)c(N2CCNC2=O)c1)c1ccccc1. The molecule has 7 nitrogen and oxygen atoms in total. The first-order valence-corrected chi connectivity index (χ1v) is 8.76. The molecular formula is C19H18ClN3O4. The van der Waals surface area contributed by atoms with E-state index < -0.39 is 17.9 Å². The topological polar surface area (TPSA) is 98.7 Å². The molecule has 3 rings (SSSR count). The first-order valence-electron chi connectivity index (χ1n) is 8.38. The van der Waals surface area contributed by atoms with Gasteiger partial charge in [-0.25, -0.2) is 4.79 Å². The van der Waals surface area contributed by atoms with Crippen molar-refractivity contribution in [3.8, 4) is 0 Å². The Bertz CT molecular complexity index is 873. The molecule has 0 aromatic heterocycles. The molecule has 2 aromatic carbocycles. The van der Waals surface area contributed by atoms with Crippen LogP contribution in [0.5, 0.6) is 0 Å². The number of urea groups is 1. The van der Waals surface area contributed by atoms with Crippen molar-refractivity contribution in [2.75, 3.05) is 18.0 Å². The van der Waals surface area contributed by atoms with Crippen LogP contribution in [0.3, 0.4) is 0 Å². The molecular weight excluding hydrogens is 370 g/mol. The Morgan fingerprint density at radius 1 is 1.22 bits per heavy atom. The zero-order valence-electron chi connectivity index (χ0n) is 14.3. The minimum absolute atomic E-state index is 0.245. The van der Waals surface area contributed by atoms with Crippen LogP contribution in [0.1, 0.15) is 28.4 Å². The summed E-state index contributed by atoms with van der Waals surface area (Å²) in [4.78, 5) is 37.2. The van der Waals surface area contributed by atoms with Gasteiger partial charge in [0, 0.05) is 18.7 Å². The zero-order valence-corrected chi connectivity index (χ0v) is 15.1. The lowest BCUT2D eigenvalue weighted by Gasteiger charge is -2.19. The van der Waals surface area contributed by atoms with Crippen LogP contribution in [0.25, 0.3) is 0 Å². The van der Waals surface area contributed by atoms with Gasteiger partial charge in [-0.3, -0.25) is 14.5 Å². The number of amides is 3. The number of carbonyl (C=O) groups excluding carboxylic acids is 2. The summed E-state index contributed by atoms with van der Waals surface area (Å²) in [5, 5.41) is 14.9. The van der Waals surface area contributed by atoms with Crippen LogP contribution in [-0.2, 0) is 4.79 Å². The third kappa shape index (κ3) is 4.38. The Kier molecular flexibility index (Phi) is 5.61. The minimum atomic E-state index is -1.02. The van der Waals surface area contributed by atoms with E-state index in [0.29, 0.717) is 34.9 Å². The highest BCUT2D eigenvalue weighted by molar-refractivity contribution is 6.34. The first kappa shape index (κ1) is 18.7. The van der Waals surface area contributed by atoms with E-state index in [2.05, 4.69) is 10.6 Å². The molecule has 1 saturated heterocycles. The van der Waals surface area contributed by atoms with Crippen molar-refractivity contribution in [2.45, 2.75) is 12.5 Å². The van der Waals surface area contributed by atoms with Crippen LogP contribution in [0.2, 0.25) is 5.02 Å². The van der Waals surface area contributed by atoms with Gasteiger partial charge >= 0.3 is 12.0 Å². The zero-order chi connectivity index (χ0) is 19.4. The molecule has 0 radical (unpaired) electrons. The Balaban J connectivity index is 1.84. The van der Waals surface area contributed by atoms with Crippen molar-refractivity contribution in [1.29, 1.82) is 0 Å². The highest BCUT2D eigenvalue weighted by Crippen LogP contribution is 2.28. The molecule has 1 atom stereocenters. The molecule has 27 heavy (non-hydrogen) atoms. The van der Waals surface area contributed by atoms with E-state index >= 15 is 0 Å². The summed E-state index contributed by atoms with van der Waals surface area (Å²) in [6, 6.07) is 12.6. The lowest BCUT2D eigenvalue weighted by Crippen LogP contribution is -2.31. The average Bonchev–Trinajstić information content (AvgIpc) is 3.07. The van der Waals surface area contributed by atoms with E-state index in [-0.39, 0.29) is 12.5 Å². The molecule has 0 aliphatic carbocycles. The monoisotopic (exact) mass is 387 g/mol. The summed E-state index contributed by atoms with van der Waals surface area (Å²) in [6.07, 6.45) is -0.245. The van der Waals surface area contributed by atoms with E-state index in [1.807, 2.05) is 6.07 Å². The molecule has 0 unspecified atom stereocenters. The number of nitrogens with one attached hydrogen (secondary N) is 2. The number of benzene rings is 2. The molecule has 1 aliphatic heterocycles. The number of aliphatic carboxylic acids is 1. The molecule has 8 heteroatoms. The highest BCUT2D eigenvalue weighted by atomic mass is 35.5. The number of halogens is 1. The number of carbonyl (C=O) groups is 3. The van der Waals surface area contributed by atoms with Gasteiger partial charge in [-0.1, -0.05) is 41.9 Å². The van der Waals surface area contributed by atoms with Crippen molar-refractivity contribution >= 4 is 35.2 Å². The number of carboxylic acids is 1. The van der Waals surface area contributed by atoms with Crippen molar-refractivity contribution in [3.05, 3.63) is 64.7 Å². The average molecular weight is 388 g/mol. The molecule has 1 heterocycles.